The number of hydrogen-bond acceptors (Lipinski definition) is 6. The summed E-state index contributed by atoms with van der Waals surface area (Å²) in [5.74, 6) is -0.482. The lowest BCUT2D eigenvalue weighted by atomic mass is 10.2. The van der Waals surface area contributed by atoms with Gasteiger partial charge < -0.3 is 5.32 Å². The lowest BCUT2D eigenvalue weighted by molar-refractivity contribution is -0.385. The number of nitrogens with one attached hydrogen (secondary N) is 1. The quantitative estimate of drug-likeness (QED) is 0.310. The first-order chi connectivity index (χ1) is 14.3. The van der Waals surface area contributed by atoms with Crippen molar-refractivity contribution in [2.24, 2.45) is 7.05 Å². The molecule has 1 N–H and O–H groups in total. The van der Waals surface area contributed by atoms with E-state index in [0.29, 0.717) is 20.3 Å². The van der Waals surface area contributed by atoms with Gasteiger partial charge in [0.1, 0.15) is 0 Å². The second kappa shape index (κ2) is 7.61. The van der Waals surface area contributed by atoms with Crippen molar-refractivity contribution in [3.05, 3.63) is 67.1 Å². The molecule has 4 rings (SSSR count). The molecule has 30 heavy (non-hydrogen) atoms. The Hall–Kier alpha value is -3.12. The summed E-state index contributed by atoms with van der Waals surface area (Å²) in [4.78, 5) is 27.6. The molecule has 0 spiro atoms. The van der Waals surface area contributed by atoms with Crippen LogP contribution in [0.3, 0.4) is 0 Å². The number of non-ortho nitro benzene ring substituents is 1. The van der Waals surface area contributed by atoms with E-state index in [2.05, 4.69) is 52.4 Å². The summed E-state index contributed by atoms with van der Waals surface area (Å²) < 4.78 is 4.07. The van der Waals surface area contributed by atoms with Crippen LogP contribution < -0.4 is 5.32 Å². The van der Waals surface area contributed by atoms with Crippen LogP contribution in [-0.2, 0) is 7.05 Å². The Morgan fingerprint density at radius 3 is 2.53 bits per heavy atom. The summed E-state index contributed by atoms with van der Waals surface area (Å²) >= 11 is 6.52. The Labute approximate surface area is 186 Å². The van der Waals surface area contributed by atoms with E-state index in [1.54, 1.807) is 33.7 Å². The molecular weight excluding hydrogens is 522 g/mol. The number of anilines is 1. The number of carbonyl (C=O) groups excluding carboxylic acids is 1. The molecule has 1 amide bonds. The lowest BCUT2D eigenvalue weighted by Gasteiger charge is -2.08. The topological polar surface area (TPSA) is 120 Å². The van der Waals surface area contributed by atoms with Gasteiger partial charge in [0.25, 0.3) is 11.6 Å². The number of rotatable bonds is 4. The molecule has 1 aromatic carbocycles. The first-order valence-electron chi connectivity index (χ1n) is 8.55. The monoisotopic (exact) mass is 533 g/mol. The van der Waals surface area contributed by atoms with Crippen LogP contribution in [0.5, 0.6) is 0 Å². The third-order valence-electron chi connectivity index (χ3n) is 4.58. The second-order valence-corrected chi connectivity index (χ2v) is 8.10. The fraction of sp³-hybridized carbons (Fsp3) is 0.111. The molecule has 0 radical (unpaired) electrons. The molecule has 0 aliphatic rings. The SMILES string of the molecule is Cc1c(-c2ccnc3cc(C(=O)Nc4c(Br)cc([N+](=O)[O-])cc4Br)nn23)cnn1C. The van der Waals surface area contributed by atoms with Crippen LogP contribution in [0.1, 0.15) is 16.2 Å². The number of halogens is 2. The van der Waals surface area contributed by atoms with Crippen molar-refractivity contribution in [1.82, 2.24) is 24.4 Å². The minimum atomic E-state index is -0.517. The zero-order chi connectivity index (χ0) is 21.6. The number of aromatic nitrogens is 5. The molecule has 0 fully saturated rings. The summed E-state index contributed by atoms with van der Waals surface area (Å²) in [5.41, 5.74) is 3.47. The normalized spacial score (nSPS) is 11.1. The fourth-order valence-corrected chi connectivity index (χ4v) is 4.28. The van der Waals surface area contributed by atoms with Crippen molar-refractivity contribution < 1.29 is 9.72 Å². The highest BCUT2D eigenvalue weighted by Gasteiger charge is 2.20. The predicted molar refractivity (Wildman–Crippen MR) is 116 cm³/mol. The van der Waals surface area contributed by atoms with E-state index >= 15 is 0 Å². The highest BCUT2D eigenvalue weighted by Crippen LogP contribution is 2.35. The van der Waals surface area contributed by atoms with Gasteiger partial charge >= 0.3 is 0 Å². The van der Waals surface area contributed by atoms with Gasteiger partial charge in [-0.1, -0.05) is 0 Å². The molecule has 0 aliphatic heterocycles. The maximum absolute atomic E-state index is 12.8. The van der Waals surface area contributed by atoms with E-state index in [9.17, 15) is 14.9 Å². The van der Waals surface area contributed by atoms with E-state index in [4.69, 9.17) is 0 Å². The molecule has 12 heteroatoms. The largest absolute Gasteiger partial charge is 0.319 e. The number of hydrogen-bond donors (Lipinski definition) is 1. The van der Waals surface area contributed by atoms with E-state index < -0.39 is 10.8 Å². The number of benzene rings is 1. The van der Waals surface area contributed by atoms with Gasteiger partial charge in [0.15, 0.2) is 11.3 Å². The molecule has 0 bridgehead atoms. The molecule has 10 nitrogen and oxygen atoms in total. The molecule has 3 aromatic heterocycles. The van der Waals surface area contributed by atoms with Crippen LogP contribution in [0.25, 0.3) is 16.9 Å². The van der Waals surface area contributed by atoms with Crippen LogP contribution >= 0.6 is 31.9 Å². The minimum Gasteiger partial charge on any atom is -0.319 e. The van der Waals surface area contributed by atoms with Gasteiger partial charge in [0.05, 0.1) is 22.5 Å². The van der Waals surface area contributed by atoms with Crippen LogP contribution in [0.4, 0.5) is 11.4 Å². The standard InChI is InChI=1S/C18H13Br2N7O3/c1-9-11(8-22-25(9)2)15-3-4-21-16-7-14(24-26(15)16)18(28)23-17-12(19)5-10(27(29)30)6-13(17)20/h3-8H,1-2H3,(H,23,28). The van der Waals surface area contributed by atoms with Gasteiger partial charge in [-0.25, -0.2) is 9.50 Å². The molecule has 3 heterocycles. The molecule has 0 saturated carbocycles. The summed E-state index contributed by atoms with van der Waals surface area (Å²) in [6, 6.07) is 6.00. The predicted octanol–water partition coefficient (Wildman–Crippen LogP) is 4.12. The number of fused-ring (bicyclic) bond motifs is 1. The zero-order valence-corrected chi connectivity index (χ0v) is 18.8. The molecule has 0 saturated heterocycles. The van der Waals surface area contributed by atoms with Gasteiger partial charge in [0, 0.05) is 51.6 Å². The van der Waals surface area contributed by atoms with Crippen LogP contribution in [-0.4, -0.2) is 35.2 Å². The first-order valence-corrected chi connectivity index (χ1v) is 10.1. The van der Waals surface area contributed by atoms with E-state index in [-0.39, 0.29) is 11.4 Å². The number of nitrogens with zero attached hydrogens (tertiary/aromatic N) is 6. The maximum Gasteiger partial charge on any atom is 0.276 e. The third-order valence-corrected chi connectivity index (χ3v) is 5.83. The van der Waals surface area contributed by atoms with Gasteiger partial charge in [-0.05, 0) is 44.8 Å². The Balaban J connectivity index is 1.71. The Morgan fingerprint density at radius 1 is 1.23 bits per heavy atom. The van der Waals surface area contributed by atoms with Crippen molar-refractivity contribution in [2.45, 2.75) is 6.92 Å². The highest BCUT2D eigenvalue weighted by molar-refractivity contribution is 9.11. The van der Waals surface area contributed by atoms with E-state index in [1.165, 1.54) is 12.1 Å². The highest BCUT2D eigenvalue weighted by atomic mass is 79.9. The number of carbonyl (C=O) groups is 1. The second-order valence-electron chi connectivity index (χ2n) is 6.39. The zero-order valence-electron chi connectivity index (χ0n) is 15.6. The lowest BCUT2D eigenvalue weighted by Crippen LogP contribution is -2.14. The Morgan fingerprint density at radius 2 is 1.93 bits per heavy atom. The van der Waals surface area contributed by atoms with E-state index in [1.807, 2.05) is 14.0 Å². The number of nitro groups is 1. The molecule has 0 unspecified atom stereocenters. The van der Waals surface area contributed by atoms with Gasteiger partial charge in [-0.2, -0.15) is 10.2 Å². The fourth-order valence-electron chi connectivity index (χ4n) is 2.92. The summed E-state index contributed by atoms with van der Waals surface area (Å²) in [6.45, 7) is 1.94. The van der Waals surface area contributed by atoms with Gasteiger partial charge in [-0.15, -0.1) is 0 Å². The molecular formula is C18H13Br2N7O3. The average Bonchev–Trinajstić information content (AvgIpc) is 3.28. The van der Waals surface area contributed by atoms with Crippen molar-refractivity contribution in [3.8, 4) is 11.3 Å². The maximum atomic E-state index is 12.8. The van der Waals surface area contributed by atoms with Crippen LogP contribution in [0.2, 0.25) is 0 Å². The molecule has 152 valence electrons. The third kappa shape index (κ3) is 3.48. The average molecular weight is 535 g/mol. The van der Waals surface area contributed by atoms with Crippen molar-refractivity contribution >= 4 is 54.8 Å². The smallest absolute Gasteiger partial charge is 0.276 e. The number of aryl methyl sites for hydroxylation is 1. The first kappa shape index (κ1) is 20.2. The van der Waals surface area contributed by atoms with Crippen LogP contribution in [0.15, 0.2) is 45.6 Å². The summed E-state index contributed by atoms with van der Waals surface area (Å²) in [6.07, 6.45) is 3.38. The van der Waals surface area contributed by atoms with Crippen molar-refractivity contribution in [1.29, 1.82) is 0 Å². The minimum absolute atomic E-state index is 0.111. The van der Waals surface area contributed by atoms with Gasteiger partial charge in [-0.3, -0.25) is 19.6 Å². The summed E-state index contributed by atoms with van der Waals surface area (Å²) in [7, 11) is 1.85. The van der Waals surface area contributed by atoms with Crippen molar-refractivity contribution in [2.75, 3.05) is 5.32 Å². The number of nitro benzene ring substituents is 1. The summed E-state index contributed by atoms with van der Waals surface area (Å²) in [5, 5.41) is 22.4. The van der Waals surface area contributed by atoms with Crippen LogP contribution in [0, 0.1) is 17.0 Å². The van der Waals surface area contributed by atoms with Gasteiger partial charge in [0.2, 0.25) is 0 Å². The Bertz CT molecular complexity index is 1310. The Kier molecular flexibility index (Phi) is 5.12. The van der Waals surface area contributed by atoms with Crippen molar-refractivity contribution in [3.63, 3.8) is 0 Å². The van der Waals surface area contributed by atoms with E-state index in [0.717, 1.165) is 17.0 Å². The number of amides is 1. The molecule has 4 aromatic rings. The molecule has 0 aliphatic carbocycles. The molecule has 0 atom stereocenters.